The Balaban J connectivity index is 2.19. The number of fused-ring (bicyclic) bond motifs is 1. The van der Waals surface area contributed by atoms with Gasteiger partial charge >= 0.3 is 0 Å². The second-order valence-corrected chi connectivity index (χ2v) is 6.12. The van der Waals surface area contributed by atoms with E-state index in [9.17, 15) is 4.79 Å². The van der Waals surface area contributed by atoms with Gasteiger partial charge in [-0.1, -0.05) is 30.3 Å². The lowest BCUT2D eigenvalue weighted by molar-refractivity contribution is 0.0750. The van der Waals surface area contributed by atoms with Crippen LogP contribution in [-0.4, -0.2) is 45.2 Å². The Hall–Kier alpha value is -2.73. The molecule has 130 valence electrons. The first kappa shape index (κ1) is 17.1. The molecule has 0 spiro atoms. The van der Waals surface area contributed by atoms with E-state index in [0.29, 0.717) is 18.7 Å². The zero-order valence-corrected chi connectivity index (χ0v) is 14.8. The Kier molecular flexibility index (Phi) is 4.81. The van der Waals surface area contributed by atoms with Crippen LogP contribution in [-0.2, 0) is 6.54 Å². The van der Waals surface area contributed by atoms with Crippen molar-refractivity contribution in [3.8, 4) is 11.3 Å². The molecular formula is C19H23N5O. The van der Waals surface area contributed by atoms with Gasteiger partial charge in [-0.3, -0.25) is 4.79 Å². The van der Waals surface area contributed by atoms with Crippen LogP contribution in [0.1, 0.15) is 24.2 Å². The summed E-state index contributed by atoms with van der Waals surface area (Å²) in [5, 5.41) is 5.14. The van der Waals surface area contributed by atoms with E-state index in [0.717, 1.165) is 22.3 Å². The van der Waals surface area contributed by atoms with Gasteiger partial charge in [-0.2, -0.15) is 5.10 Å². The van der Waals surface area contributed by atoms with Gasteiger partial charge in [0.2, 0.25) is 0 Å². The van der Waals surface area contributed by atoms with Crippen LogP contribution in [0.2, 0.25) is 0 Å². The number of hydrogen-bond acceptors (Lipinski definition) is 4. The number of likely N-dealkylation sites (N-methyl/N-ethyl adjacent to an activating group) is 1. The van der Waals surface area contributed by atoms with E-state index in [4.69, 9.17) is 10.7 Å². The van der Waals surface area contributed by atoms with Crippen molar-refractivity contribution in [2.75, 3.05) is 13.6 Å². The van der Waals surface area contributed by atoms with Gasteiger partial charge in [-0.25, -0.2) is 9.67 Å². The smallest absolute Gasteiger partial charge is 0.254 e. The van der Waals surface area contributed by atoms with Crippen LogP contribution in [0.5, 0.6) is 0 Å². The van der Waals surface area contributed by atoms with Crippen molar-refractivity contribution in [2.45, 2.75) is 26.4 Å². The van der Waals surface area contributed by atoms with Crippen molar-refractivity contribution in [3.05, 3.63) is 48.2 Å². The second kappa shape index (κ2) is 7.03. The number of carbonyl (C=O) groups is 1. The Labute approximate surface area is 147 Å². The molecule has 0 saturated carbocycles. The highest BCUT2D eigenvalue weighted by Crippen LogP contribution is 2.26. The summed E-state index contributed by atoms with van der Waals surface area (Å²) < 4.78 is 1.81. The molecule has 1 unspecified atom stereocenters. The number of aryl methyl sites for hydroxylation is 1. The van der Waals surface area contributed by atoms with Crippen molar-refractivity contribution >= 4 is 16.9 Å². The molecule has 25 heavy (non-hydrogen) atoms. The molecular weight excluding hydrogens is 314 g/mol. The summed E-state index contributed by atoms with van der Waals surface area (Å²) in [6.45, 7) is 5.05. The molecule has 0 aliphatic heterocycles. The van der Waals surface area contributed by atoms with E-state index in [-0.39, 0.29) is 11.9 Å². The molecule has 0 bridgehead atoms. The highest BCUT2D eigenvalue weighted by atomic mass is 16.2. The van der Waals surface area contributed by atoms with Gasteiger partial charge in [0.05, 0.1) is 22.8 Å². The van der Waals surface area contributed by atoms with Gasteiger partial charge in [0, 0.05) is 31.7 Å². The highest BCUT2D eigenvalue weighted by Gasteiger charge is 2.22. The second-order valence-electron chi connectivity index (χ2n) is 6.12. The zero-order chi connectivity index (χ0) is 18.0. The minimum Gasteiger partial charge on any atom is -0.338 e. The average Bonchev–Trinajstić information content (AvgIpc) is 3.09. The van der Waals surface area contributed by atoms with Gasteiger partial charge in [0.1, 0.15) is 0 Å². The van der Waals surface area contributed by atoms with Gasteiger partial charge < -0.3 is 10.6 Å². The molecule has 0 aliphatic rings. The van der Waals surface area contributed by atoms with Crippen LogP contribution in [0.4, 0.5) is 0 Å². The third-order valence-electron chi connectivity index (χ3n) is 4.53. The van der Waals surface area contributed by atoms with Gasteiger partial charge in [0.15, 0.2) is 5.65 Å². The van der Waals surface area contributed by atoms with E-state index in [1.54, 1.807) is 18.1 Å². The summed E-state index contributed by atoms with van der Waals surface area (Å²) in [6.07, 6.45) is 1.72. The molecule has 3 aromatic rings. The third-order valence-corrected chi connectivity index (χ3v) is 4.53. The normalized spacial score (nSPS) is 12.3. The quantitative estimate of drug-likeness (QED) is 0.776. The van der Waals surface area contributed by atoms with E-state index in [2.05, 4.69) is 5.10 Å². The Bertz CT molecular complexity index is 887. The lowest BCUT2D eigenvalue weighted by Gasteiger charge is -2.24. The molecule has 0 radical (unpaired) electrons. The van der Waals surface area contributed by atoms with Crippen molar-refractivity contribution in [1.29, 1.82) is 0 Å². The predicted molar refractivity (Wildman–Crippen MR) is 99.2 cm³/mol. The molecule has 1 atom stereocenters. The highest BCUT2D eigenvalue weighted by molar-refractivity contribution is 6.06. The summed E-state index contributed by atoms with van der Waals surface area (Å²) in [5.41, 5.74) is 8.79. The maximum atomic E-state index is 13.0. The summed E-state index contributed by atoms with van der Waals surface area (Å²) in [6, 6.07) is 11.7. The minimum atomic E-state index is -0.0711. The number of nitrogens with zero attached hydrogens (tertiary/aromatic N) is 4. The first-order valence-corrected chi connectivity index (χ1v) is 8.46. The van der Waals surface area contributed by atoms with Crippen molar-refractivity contribution in [3.63, 3.8) is 0 Å². The standard InChI is InChI=1S/C19H23N5O/c1-4-24-18-16(12-21-24)15(19(25)23(3)13(2)11-20)10-17(22-18)14-8-6-5-7-9-14/h5-10,12-13H,4,11,20H2,1-3H3. The van der Waals surface area contributed by atoms with Crippen LogP contribution in [0.25, 0.3) is 22.3 Å². The Morgan fingerprint density at radius 1 is 1.32 bits per heavy atom. The topological polar surface area (TPSA) is 77.0 Å². The Morgan fingerprint density at radius 3 is 2.68 bits per heavy atom. The molecule has 6 nitrogen and oxygen atoms in total. The molecule has 2 aromatic heterocycles. The van der Waals surface area contributed by atoms with Crippen molar-refractivity contribution < 1.29 is 4.79 Å². The number of nitrogens with two attached hydrogens (primary N) is 1. The molecule has 3 rings (SSSR count). The first-order valence-electron chi connectivity index (χ1n) is 8.46. The molecule has 2 N–H and O–H groups in total. The Morgan fingerprint density at radius 2 is 2.04 bits per heavy atom. The summed E-state index contributed by atoms with van der Waals surface area (Å²) in [5.74, 6) is -0.0711. The van der Waals surface area contributed by atoms with Crippen molar-refractivity contribution in [1.82, 2.24) is 19.7 Å². The molecule has 2 heterocycles. The number of pyridine rings is 1. The molecule has 1 aromatic carbocycles. The van der Waals surface area contributed by atoms with Crippen LogP contribution in [0.3, 0.4) is 0 Å². The van der Waals surface area contributed by atoms with E-state index < -0.39 is 0 Å². The third kappa shape index (κ3) is 3.13. The number of amides is 1. The molecule has 1 amide bonds. The fourth-order valence-corrected chi connectivity index (χ4v) is 2.76. The van der Waals surface area contributed by atoms with Crippen LogP contribution < -0.4 is 5.73 Å². The fourth-order valence-electron chi connectivity index (χ4n) is 2.76. The lowest BCUT2D eigenvalue weighted by Crippen LogP contribution is -2.39. The summed E-state index contributed by atoms with van der Waals surface area (Å²) in [7, 11) is 1.78. The largest absolute Gasteiger partial charge is 0.338 e. The van der Waals surface area contributed by atoms with Crippen LogP contribution >= 0.6 is 0 Å². The fraction of sp³-hybridized carbons (Fsp3) is 0.316. The predicted octanol–water partition coefficient (Wildman–Crippen LogP) is 2.54. The molecule has 0 fully saturated rings. The van der Waals surface area contributed by atoms with Crippen LogP contribution in [0.15, 0.2) is 42.6 Å². The average molecular weight is 337 g/mol. The number of aromatic nitrogens is 3. The molecule has 6 heteroatoms. The maximum absolute atomic E-state index is 13.0. The van der Waals surface area contributed by atoms with E-state index >= 15 is 0 Å². The SMILES string of the molecule is CCn1ncc2c(C(=O)N(C)C(C)CN)cc(-c3ccccc3)nc21. The van der Waals surface area contributed by atoms with Crippen LogP contribution in [0, 0.1) is 0 Å². The number of carbonyl (C=O) groups excluding carboxylic acids is 1. The number of hydrogen-bond donors (Lipinski definition) is 1. The minimum absolute atomic E-state index is 0.0443. The van der Waals surface area contributed by atoms with Gasteiger partial charge in [0.25, 0.3) is 5.91 Å². The molecule has 0 aliphatic carbocycles. The number of rotatable bonds is 5. The summed E-state index contributed by atoms with van der Waals surface area (Å²) in [4.78, 5) is 19.5. The van der Waals surface area contributed by atoms with E-state index in [1.807, 2.05) is 54.9 Å². The molecule has 0 saturated heterocycles. The number of benzene rings is 1. The van der Waals surface area contributed by atoms with Crippen molar-refractivity contribution in [2.24, 2.45) is 5.73 Å². The monoisotopic (exact) mass is 337 g/mol. The summed E-state index contributed by atoms with van der Waals surface area (Å²) >= 11 is 0. The van der Waals surface area contributed by atoms with E-state index in [1.165, 1.54) is 0 Å². The lowest BCUT2D eigenvalue weighted by atomic mass is 10.1. The maximum Gasteiger partial charge on any atom is 0.254 e. The van der Waals surface area contributed by atoms with Gasteiger partial charge in [-0.05, 0) is 19.9 Å². The van der Waals surface area contributed by atoms with Gasteiger partial charge in [-0.15, -0.1) is 0 Å². The zero-order valence-electron chi connectivity index (χ0n) is 14.8. The first-order chi connectivity index (χ1) is 12.1.